The van der Waals surface area contributed by atoms with Crippen LogP contribution in [-0.4, -0.2) is 27.9 Å². The van der Waals surface area contributed by atoms with Gasteiger partial charge in [0.2, 0.25) is 0 Å². The van der Waals surface area contributed by atoms with Crippen LogP contribution in [0.15, 0.2) is 0 Å². The molecular formula is C2H19Cu3O6+. The Kier molecular flexibility index (Phi) is 602. The van der Waals surface area contributed by atoms with Gasteiger partial charge >= 0.3 is 17.1 Å². The molecule has 0 saturated carbocycles. The molecule has 0 aromatic heterocycles. The van der Waals surface area contributed by atoms with E-state index in [0.717, 1.165) is 6.92 Å². The molecule has 0 aliphatic heterocycles. The van der Waals surface area contributed by atoms with Crippen molar-refractivity contribution < 1.29 is 88.7 Å². The minimum absolute atomic E-state index is 0. The molecule has 0 heterocycles. The number of carboxylic acids is 1. The van der Waals surface area contributed by atoms with Gasteiger partial charge in [-0.2, -0.15) is 0 Å². The Labute approximate surface area is 102 Å². The zero-order chi connectivity index (χ0) is 3.58. The third kappa shape index (κ3) is 1130. The Bertz CT molecular complexity index is 51.4. The van der Waals surface area contributed by atoms with Gasteiger partial charge in [-0.3, -0.25) is 0 Å². The van der Waals surface area contributed by atoms with Crippen molar-refractivity contribution in [3.05, 3.63) is 0 Å². The summed E-state index contributed by atoms with van der Waals surface area (Å²) < 4.78 is 0. The molecule has 8 N–H and O–H groups in total. The van der Waals surface area contributed by atoms with Gasteiger partial charge in [0.05, 0.1) is 0 Å². The van der Waals surface area contributed by atoms with Gasteiger partial charge in [-0.05, 0) is 6.92 Å². The topological polar surface area (TPSA) is 166 Å². The van der Waals surface area contributed by atoms with Crippen LogP contribution in [0.1, 0.15) is 12.6 Å². The SMILES string of the molecule is CC(=O)[O-].O.O.O.O.[Cu+2].[Cu].[Cu].[HH].[HH].[HH].[HH]. The Balaban J connectivity index is -0.000000000818. The number of hydrogen-bond donors (Lipinski definition) is 0. The number of carbonyl (C=O) groups excluding carboxylic acids is 1. The van der Waals surface area contributed by atoms with E-state index in [0.29, 0.717) is 0 Å². The molecule has 0 rings (SSSR count). The molecule has 0 fully saturated rings. The summed E-state index contributed by atoms with van der Waals surface area (Å²) in [5.74, 6) is -1.08. The van der Waals surface area contributed by atoms with Crippen LogP contribution in [0.2, 0.25) is 0 Å². The maximum Gasteiger partial charge on any atom is 2.00 e. The average Bonchev–Trinajstić information content (AvgIpc) is 0.811. The van der Waals surface area contributed by atoms with Gasteiger partial charge in [-0.1, -0.05) is 0 Å². The molecule has 0 aliphatic carbocycles. The van der Waals surface area contributed by atoms with Crippen molar-refractivity contribution in [1.29, 1.82) is 0 Å². The fourth-order valence-electron chi connectivity index (χ4n) is 0. The van der Waals surface area contributed by atoms with Gasteiger partial charge in [-0.25, -0.2) is 0 Å². The van der Waals surface area contributed by atoms with E-state index in [2.05, 4.69) is 0 Å². The van der Waals surface area contributed by atoms with E-state index < -0.39 is 5.97 Å². The molecule has 0 unspecified atom stereocenters. The standard InChI is InChI=1S/C2H4O2.3Cu.4H2O.4H2/c1-2(3)4;;;;;;;;;;;/h1H3,(H,3,4);;;;4*1H2;4*1H/q;;;+2;;;;;;;;/p-1. The van der Waals surface area contributed by atoms with E-state index in [1.807, 2.05) is 0 Å². The quantitative estimate of drug-likeness (QED) is 0.420. The van der Waals surface area contributed by atoms with Crippen molar-refractivity contribution in [3.8, 4) is 0 Å². The molecule has 0 bridgehead atoms. The molecule has 0 saturated heterocycles. The molecule has 11 heavy (non-hydrogen) atoms. The van der Waals surface area contributed by atoms with Crippen LogP contribution in [0.3, 0.4) is 0 Å². The summed E-state index contributed by atoms with van der Waals surface area (Å²) in [6, 6.07) is 0. The Hall–Kier alpha value is 0.868. The zero-order valence-corrected chi connectivity index (χ0v) is 8.05. The molecule has 0 atom stereocenters. The van der Waals surface area contributed by atoms with Crippen LogP contribution < -0.4 is 5.11 Å². The van der Waals surface area contributed by atoms with Gasteiger partial charge in [0.15, 0.2) is 0 Å². The third-order valence-corrected chi connectivity index (χ3v) is 0. The first-order valence-corrected chi connectivity index (χ1v) is 0.908. The first-order valence-electron chi connectivity index (χ1n) is 0.908. The van der Waals surface area contributed by atoms with Crippen LogP contribution in [0.4, 0.5) is 0 Å². The van der Waals surface area contributed by atoms with Gasteiger partial charge < -0.3 is 31.8 Å². The van der Waals surface area contributed by atoms with E-state index in [1.54, 1.807) is 0 Å². The Morgan fingerprint density at radius 3 is 1.09 bits per heavy atom. The molecule has 3 radical (unpaired) electrons. The van der Waals surface area contributed by atoms with Crippen LogP contribution >= 0.6 is 0 Å². The Morgan fingerprint density at radius 2 is 1.09 bits per heavy atom. The van der Waals surface area contributed by atoms with Crippen LogP contribution in [-0.2, 0) is 56.0 Å². The van der Waals surface area contributed by atoms with E-state index in [4.69, 9.17) is 9.90 Å². The van der Waals surface area contributed by atoms with Crippen molar-refractivity contribution >= 4 is 5.97 Å². The van der Waals surface area contributed by atoms with Crippen molar-refractivity contribution in [2.24, 2.45) is 0 Å². The summed E-state index contributed by atoms with van der Waals surface area (Å²) in [5, 5.41) is 8.89. The minimum Gasteiger partial charge on any atom is -0.550 e. The number of carboxylic acid groups (broad SMARTS) is 1. The van der Waals surface area contributed by atoms with Crippen LogP contribution in [0.25, 0.3) is 0 Å². The van der Waals surface area contributed by atoms with Crippen molar-refractivity contribution in [3.63, 3.8) is 0 Å². The first kappa shape index (κ1) is 93.7. The van der Waals surface area contributed by atoms with Gasteiger partial charge in [-0.15, -0.1) is 0 Å². The number of aliphatic carboxylic acids is 1. The van der Waals surface area contributed by atoms with Crippen molar-refractivity contribution in [2.75, 3.05) is 0 Å². The third-order valence-electron chi connectivity index (χ3n) is 0. The predicted molar refractivity (Wildman–Crippen MR) is 33.6 cm³/mol. The van der Waals surface area contributed by atoms with Gasteiger partial charge in [0, 0.05) is 45.8 Å². The minimum atomic E-state index is -1.08. The van der Waals surface area contributed by atoms with Crippen LogP contribution in [0.5, 0.6) is 0 Å². The van der Waals surface area contributed by atoms with E-state index in [-0.39, 0.29) is 78.8 Å². The molecule has 0 aliphatic rings. The second-order valence-corrected chi connectivity index (χ2v) is 0.492. The maximum absolute atomic E-state index is 8.89. The molecular weight excluding hydrogens is 311 g/mol. The normalized spacial score (nSPS) is 2.27. The predicted octanol–water partition coefficient (Wildman–Crippen LogP) is -3.57. The summed E-state index contributed by atoms with van der Waals surface area (Å²) in [6.45, 7) is 0.972. The smallest absolute Gasteiger partial charge is 0.550 e. The van der Waals surface area contributed by atoms with E-state index in [9.17, 15) is 0 Å². The Morgan fingerprint density at radius 1 is 1.09 bits per heavy atom. The fraction of sp³-hybridized carbons (Fsp3) is 0.500. The average molecular weight is 330 g/mol. The summed E-state index contributed by atoms with van der Waals surface area (Å²) in [4.78, 5) is 8.89. The van der Waals surface area contributed by atoms with Crippen molar-refractivity contribution in [2.45, 2.75) is 6.92 Å². The number of hydrogen-bond acceptors (Lipinski definition) is 2. The monoisotopic (exact) mass is 328 g/mol. The summed E-state index contributed by atoms with van der Waals surface area (Å²) in [7, 11) is 0. The van der Waals surface area contributed by atoms with Gasteiger partial charge in [0.1, 0.15) is 0 Å². The van der Waals surface area contributed by atoms with E-state index in [1.165, 1.54) is 0 Å². The number of rotatable bonds is 0. The fourth-order valence-corrected chi connectivity index (χ4v) is 0. The van der Waals surface area contributed by atoms with Crippen LogP contribution in [0, 0.1) is 0 Å². The molecule has 95 valence electrons. The van der Waals surface area contributed by atoms with E-state index >= 15 is 0 Å². The van der Waals surface area contributed by atoms with Gasteiger partial charge in [0.25, 0.3) is 0 Å². The molecule has 0 amide bonds. The molecule has 0 spiro atoms. The largest absolute Gasteiger partial charge is 2.00 e. The molecule has 0 aromatic carbocycles. The molecule has 0 aromatic rings. The first-order chi connectivity index (χ1) is 1.73. The summed E-state index contributed by atoms with van der Waals surface area (Å²) >= 11 is 0. The number of carbonyl (C=O) groups is 1. The molecule has 6 nitrogen and oxygen atoms in total. The summed E-state index contributed by atoms with van der Waals surface area (Å²) in [6.07, 6.45) is 0. The summed E-state index contributed by atoms with van der Waals surface area (Å²) in [5.41, 5.74) is 0. The second kappa shape index (κ2) is 70.7. The zero-order valence-electron chi connectivity index (χ0n) is 5.22. The molecule has 9 heteroatoms. The maximum atomic E-state index is 8.89. The van der Waals surface area contributed by atoms with Crippen molar-refractivity contribution in [1.82, 2.24) is 0 Å². The second-order valence-electron chi connectivity index (χ2n) is 0.492.